The third-order valence-electron chi connectivity index (χ3n) is 2.36. The van der Waals surface area contributed by atoms with E-state index in [1.807, 2.05) is 19.9 Å². The van der Waals surface area contributed by atoms with Gasteiger partial charge in [-0.15, -0.1) is 0 Å². The lowest BCUT2D eigenvalue weighted by atomic mass is 10.1. The number of hydrogen-bond donors (Lipinski definition) is 1. The van der Waals surface area contributed by atoms with Crippen LogP contribution in [0.25, 0.3) is 0 Å². The van der Waals surface area contributed by atoms with E-state index in [4.69, 9.17) is 27.9 Å². The monoisotopic (exact) mass is 261 g/mol. The first-order valence-corrected chi connectivity index (χ1v) is 6.12. The summed E-state index contributed by atoms with van der Waals surface area (Å²) in [5.74, 6) is 0.707. The molecule has 1 aromatic carbocycles. The number of halogens is 2. The molecular formula is C12H17Cl2NO. The van der Waals surface area contributed by atoms with Crippen LogP contribution >= 0.6 is 23.2 Å². The Morgan fingerprint density at radius 3 is 2.56 bits per heavy atom. The van der Waals surface area contributed by atoms with Crippen molar-refractivity contribution in [2.45, 2.75) is 20.8 Å². The molecule has 0 aromatic heterocycles. The molecule has 0 aliphatic heterocycles. The van der Waals surface area contributed by atoms with Crippen molar-refractivity contribution in [1.82, 2.24) is 5.32 Å². The zero-order chi connectivity index (χ0) is 12.1. The van der Waals surface area contributed by atoms with Gasteiger partial charge in [-0.1, -0.05) is 30.1 Å². The third-order valence-corrected chi connectivity index (χ3v) is 3.41. The first-order valence-electron chi connectivity index (χ1n) is 5.36. The second-order valence-electron chi connectivity index (χ2n) is 3.65. The molecular weight excluding hydrogens is 245 g/mol. The topological polar surface area (TPSA) is 21.3 Å². The van der Waals surface area contributed by atoms with Crippen molar-refractivity contribution in [2.75, 3.05) is 19.7 Å². The first-order chi connectivity index (χ1) is 7.57. The molecule has 2 nitrogen and oxygen atoms in total. The van der Waals surface area contributed by atoms with Gasteiger partial charge < -0.3 is 10.1 Å². The van der Waals surface area contributed by atoms with Crippen molar-refractivity contribution < 1.29 is 4.74 Å². The Morgan fingerprint density at radius 1 is 1.25 bits per heavy atom. The molecule has 0 atom stereocenters. The van der Waals surface area contributed by atoms with E-state index in [0.29, 0.717) is 22.4 Å². The molecule has 0 spiro atoms. The summed E-state index contributed by atoms with van der Waals surface area (Å²) in [7, 11) is 0. The van der Waals surface area contributed by atoms with Crippen LogP contribution in [-0.2, 0) is 0 Å². The molecule has 0 bridgehead atoms. The Balaban J connectivity index is 2.73. The fourth-order valence-electron chi connectivity index (χ4n) is 1.42. The van der Waals surface area contributed by atoms with Crippen LogP contribution in [0.1, 0.15) is 18.1 Å². The molecule has 0 amide bonds. The highest BCUT2D eigenvalue weighted by molar-refractivity contribution is 6.37. The number of rotatable bonds is 5. The maximum absolute atomic E-state index is 6.15. The minimum Gasteiger partial charge on any atom is -0.491 e. The lowest BCUT2D eigenvalue weighted by molar-refractivity contribution is 0.315. The molecule has 0 heterocycles. The minimum absolute atomic E-state index is 0.604. The van der Waals surface area contributed by atoms with Crippen molar-refractivity contribution in [3.05, 3.63) is 27.2 Å². The van der Waals surface area contributed by atoms with Crippen LogP contribution in [0.4, 0.5) is 0 Å². The van der Waals surface area contributed by atoms with Gasteiger partial charge in [0.1, 0.15) is 12.4 Å². The summed E-state index contributed by atoms with van der Waals surface area (Å²) >= 11 is 12.2. The average Bonchev–Trinajstić information content (AvgIpc) is 2.28. The van der Waals surface area contributed by atoms with E-state index in [1.165, 1.54) is 0 Å². The molecule has 90 valence electrons. The quantitative estimate of drug-likeness (QED) is 0.818. The van der Waals surface area contributed by atoms with Crippen LogP contribution in [-0.4, -0.2) is 19.7 Å². The zero-order valence-corrected chi connectivity index (χ0v) is 11.4. The number of aryl methyl sites for hydroxylation is 1. The number of benzene rings is 1. The molecule has 1 aromatic rings. The molecule has 0 fully saturated rings. The summed E-state index contributed by atoms with van der Waals surface area (Å²) in [5, 5.41) is 4.50. The molecule has 1 rings (SSSR count). The molecule has 1 N–H and O–H groups in total. The average molecular weight is 262 g/mol. The number of nitrogens with one attached hydrogen (secondary N) is 1. The largest absolute Gasteiger partial charge is 0.491 e. The van der Waals surface area contributed by atoms with E-state index in [2.05, 4.69) is 12.2 Å². The van der Waals surface area contributed by atoms with Crippen molar-refractivity contribution in [1.29, 1.82) is 0 Å². The van der Waals surface area contributed by atoms with Crippen LogP contribution in [0.2, 0.25) is 10.0 Å². The van der Waals surface area contributed by atoms with E-state index in [1.54, 1.807) is 0 Å². The standard InChI is InChI=1S/C12H17Cl2NO/c1-4-15-5-6-16-10-7-8(2)11(13)9(3)12(10)14/h7,15H,4-6H2,1-3H3. The van der Waals surface area contributed by atoms with Gasteiger partial charge in [-0.3, -0.25) is 0 Å². The summed E-state index contributed by atoms with van der Waals surface area (Å²) < 4.78 is 5.60. The normalized spacial score (nSPS) is 10.6. The van der Waals surface area contributed by atoms with Gasteiger partial charge in [0, 0.05) is 11.6 Å². The highest BCUT2D eigenvalue weighted by Gasteiger charge is 2.10. The SMILES string of the molecule is CCNCCOc1cc(C)c(Cl)c(C)c1Cl. The van der Waals surface area contributed by atoms with Gasteiger partial charge in [-0.2, -0.15) is 0 Å². The van der Waals surface area contributed by atoms with Crippen LogP contribution in [0.15, 0.2) is 6.07 Å². The fourth-order valence-corrected chi connectivity index (χ4v) is 1.82. The summed E-state index contributed by atoms with van der Waals surface area (Å²) in [4.78, 5) is 0. The molecule has 16 heavy (non-hydrogen) atoms. The Morgan fingerprint density at radius 2 is 1.94 bits per heavy atom. The molecule has 4 heteroatoms. The number of likely N-dealkylation sites (N-methyl/N-ethyl adjacent to an activating group) is 1. The van der Waals surface area contributed by atoms with Crippen molar-refractivity contribution >= 4 is 23.2 Å². The summed E-state index contributed by atoms with van der Waals surface area (Å²) in [6.45, 7) is 8.26. The maximum atomic E-state index is 6.15. The Kier molecular flexibility index (Phi) is 5.39. The van der Waals surface area contributed by atoms with Gasteiger partial charge in [0.2, 0.25) is 0 Å². The molecule has 0 saturated carbocycles. The lowest BCUT2D eigenvalue weighted by Gasteiger charge is -2.12. The highest BCUT2D eigenvalue weighted by atomic mass is 35.5. The second-order valence-corrected chi connectivity index (χ2v) is 4.40. The second kappa shape index (κ2) is 6.33. The van der Waals surface area contributed by atoms with Gasteiger partial charge in [0.15, 0.2) is 0 Å². The molecule has 0 saturated heterocycles. The van der Waals surface area contributed by atoms with E-state index < -0.39 is 0 Å². The van der Waals surface area contributed by atoms with E-state index in [0.717, 1.165) is 24.2 Å². The van der Waals surface area contributed by atoms with E-state index >= 15 is 0 Å². The Hall–Kier alpha value is -0.440. The predicted octanol–water partition coefficient (Wildman–Crippen LogP) is 3.60. The molecule has 0 aliphatic rings. The summed E-state index contributed by atoms with van der Waals surface area (Å²) in [6.07, 6.45) is 0. The van der Waals surface area contributed by atoms with Gasteiger partial charge >= 0.3 is 0 Å². The third kappa shape index (κ3) is 3.27. The van der Waals surface area contributed by atoms with Crippen LogP contribution in [0.3, 0.4) is 0 Å². The van der Waals surface area contributed by atoms with Crippen molar-refractivity contribution in [2.24, 2.45) is 0 Å². The summed E-state index contributed by atoms with van der Waals surface area (Å²) in [5.41, 5.74) is 1.86. The van der Waals surface area contributed by atoms with Gasteiger partial charge in [-0.05, 0) is 37.6 Å². The fraction of sp³-hybridized carbons (Fsp3) is 0.500. The van der Waals surface area contributed by atoms with Crippen molar-refractivity contribution in [3.63, 3.8) is 0 Å². The molecule has 0 unspecified atom stereocenters. The molecule has 0 radical (unpaired) electrons. The predicted molar refractivity (Wildman–Crippen MR) is 70.0 cm³/mol. The van der Waals surface area contributed by atoms with Crippen LogP contribution in [0.5, 0.6) is 5.75 Å². The Bertz CT molecular complexity index is 367. The van der Waals surface area contributed by atoms with Gasteiger partial charge in [0.05, 0.1) is 5.02 Å². The molecule has 0 aliphatic carbocycles. The smallest absolute Gasteiger partial charge is 0.138 e. The summed E-state index contributed by atoms with van der Waals surface area (Å²) in [6, 6.07) is 1.88. The zero-order valence-electron chi connectivity index (χ0n) is 9.86. The van der Waals surface area contributed by atoms with E-state index in [-0.39, 0.29) is 0 Å². The highest BCUT2D eigenvalue weighted by Crippen LogP contribution is 2.35. The van der Waals surface area contributed by atoms with Gasteiger partial charge in [-0.25, -0.2) is 0 Å². The first kappa shape index (κ1) is 13.6. The van der Waals surface area contributed by atoms with Crippen molar-refractivity contribution in [3.8, 4) is 5.75 Å². The number of hydrogen-bond acceptors (Lipinski definition) is 2. The Labute approximate surface area is 107 Å². The maximum Gasteiger partial charge on any atom is 0.138 e. The van der Waals surface area contributed by atoms with Gasteiger partial charge in [0.25, 0.3) is 0 Å². The van der Waals surface area contributed by atoms with Crippen LogP contribution < -0.4 is 10.1 Å². The van der Waals surface area contributed by atoms with Crippen LogP contribution in [0, 0.1) is 13.8 Å². The minimum atomic E-state index is 0.604. The number of ether oxygens (including phenoxy) is 1. The lowest BCUT2D eigenvalue weighted by Crippen LogP contribution is -2.20. The van der Waals surface area contributed by atoms with E-state index in [9.17, 15) is 0 Å².